The van der Waals surface area contributed by atoms with Crippen molar-refractivity contribution in [2.24, 2.45) is 5.92 Å². The highest BCUT2D eigenvalue weighted by Gasteiger charge is 2.39. The lowest BCUT2D eigenvalue weighted by atomic mass is 9.76. The molecule has 29 heavy (non-hydrogen) atoms. The highest BCUT2D eigenvalue weighted by atomic mass is 16.2. The summed E-state index contributed by atoms with van der Waals surface area (Å²) in [6.45, 7) is 2.32. The molecule has 4 aliphatic rings. The number of aromatic nitrogens is 1. The van der Waals surface area contributed by atoms with E-state index < -0.39 is 0 Å². The molecule has 2 atom stereocenters. The zero-order valence-corrected chi connectivity index (χ0v) is 17.6. The quantitative estimate of drug-likeness (QED) is 0.806. The number of urea groups is 1. The number of hydrogen-bond acceptors (Lipinski definition) is 2. The summed E-state index contributed by atoms with van der Waals surface area (Å²) in [7, 11) is 0. The summed E-state index contributed by atoms with van der Waals surface area (Å²) >= 11 is 0. The highest BCUT2D eigenvalue weighted by Crippen LogP contribution is 2.42. The number of rotatable bonds is 2. The molecular weight excluding hydrogens is 362 g/mol. The van der Waals surface area contributed by atoms with Gasteiger partial charge in [-0.15, -0.1) is 0 Å². The summed E-state index contributed by atoms with van der Waals surface area (Å²) in [5.41, 5.74) is 2.81. The van der Waals surface area contributed by atoms with Gasteiger partial charge in [0, 0.05) is 43.4 Å². The van der Waals surface area contributed by atoms with Crippen molar-refractivity contribution in [3.05, 3.63) is 33.7 Å². The van der Waals surface area contributed by atoms with Crippen LogP contribution in [0, 0.1) is 5.92 Å². The van der Waals surface area contributed by atoms with E-state index in [0.717, 1.165) is 38.9 Å². The summed E-state index contributed by atoms with van der Waals surface area (Å²) in [6, 6.07) is 4.39. The average molecular weight is 398 g/mol. The molecule has 5 rings (SSSR count). The number of likely N-dealkylation sites (tertiary alicyclic amines) is 1. The van der Waals surface area contributed by atoms with Crippen LogP contribution in [0.25, 0.3) is 0 Å². The van der Waals surface area contributed by atoms with Crippen LogP contribution in [0.5, 0.6) is 0 Å². The monoisotopic (exact) mass is 397 g/mol. The minimum Gasteiger partial charge on any atom is -0.335 e. The number of nitrogens with one attached hydrogen (secondary N) is 1. The lowest BCUT2D eigenvalue weighted by Gasteiger charge is -2.44. The van der Waals surface area contributed by atoms with E-state index in [2.05, 4.69) is 20.9 Å². The molecule has 3 fully saturated rings. The van der Waals surface area contributed by atoms with E-state index in [-0.39, 0.29) is 11.6 Å². The van der Waals surface area contributed by atoms with Crippen molar-refractivity contribution in [3.8, 4) is 0 Å². The molecular formula is C24H35N3O2. The molecule has 2 aliphatic heterocycles. The lowest BCUT2D eigenvalue weighted by Crippen LogP contribution is -2.54. The molecule has 1 saturated heterocycles. The Morgan fingerprint density at radius 3 is 2.34 bits per heavy atom. The fraction of sp³-hybridized carbons (Fsp3) is 0.750. The van der Waals surface area contributed by atoms with Gasteiger partial charge in [0.15, 0.2) is 0 Å². The Labute approximate surface area is 173 Å². The van der Waals surface area contributed by atoms with Crippen LogP contribution in [0.2, 0.25) is 0 Å². The first kappa shape index (κ1) is 19.2. The second-order valence-electron chi connectivity index (χ2n) is 9.95. The number of amides is 2. The van der Waals surface area contributed by atoms with Gasteiger partial charge in [0.1, 0.15) is 0 Å². The van der Waals surface area contributed by atoms with Crippen LogP contribution >= 0.6 is 0 Å². The molecule has 0 unspecified atom stereocenters. The van der Waals surface area contributed by atoms with Crippen LogP contribution in [0.3, 0.4) is 0 Å². The predicted octanol–water partition coefficient (Wildman–Crippen LogP) is 4.36. The van der Waals surface area contributed by atoms with Crippen LogP contribution in [-0.4, -0.2) is 34.6 Å². The number of hydrogen-bond donors (Lipinski definition) is 1. The zero-order valence-electron chi connectivity index (χ0n) is 17.6. The molecule has 1 N–H and O–H groups in total. The molecule has 0 spiro atoms. The zero-order chi connectivity index (χ0) is 19.8. The van der Waals surface area contributed by atoms with Gasteiger partial charge in [0.25, 0.3) is 5.56 Å². The molecule has 1 aromatic rings. The van der Waals surface area contributed by atoms with Gasteiger partial charge in [0.05, 0.1) is 0 Å². The second kappa shape index (κ2) is 8.16. The van der Waals surface area contributed by atoms with Crippen LogP contribution < -0.4 is 10.9 Å². The third kappa shape index (κ3) is 3.85. The number of carbonyl (C=O) groups excluding carboxylic acids is 1. The fourth-order valence-corrected chi connectivity index (χ4v) is 6.49. The molecule has 0 radical (unpaired) electrons. The standard InChI is InChI=1S/C24H35N3O2/c28-22-12-11-21(18-7-3-1-4-8-18)23-19-13-17(15-27(22)23)14-26(16-19)24(29)25-20-9-5-2-6-10-20/h11-12,17-20H,1-10,13-16H2,(H,25,29)/t17-,19+/m0/s1. The van der Waals surface area contributed by atoms with Gasteiger partial charge >= 0.3 is 6.03 Å². The molecule has 2 bridgehead atoms. The Bertz CT molecular complexity index is 805. The molecule has 5 nitrogen and oxygen atoms in total. The number of piperidine rings is 1. The van der Waals surface area contributed by atoms with E-state index in [1.807, 2.05) is 0 Å². The molecule has 1 aromatic heterocycles. The van der Waals surface area contributed by atoms with E-state index >= 15 is 0 Å². The van der Waals surface area contributed by atoms with Crippen molar-refractivity contribution >= 4 is 6.03 Å². The van der Waals surface area contributed by atoms with E-state index in [4.69, 9.17) is 0 Å². The molecule has 5 heteroatoms. The Balaban J connectivity index is 1.38. The van der Waals surface area contributed by atoms with E-state index in [1.54, 1.807) is 6.07 Å². The first-order chi connectivity index (χ1) is 14.2. The molecule has 0 aromatic carbocycles. The Hall–Kier alpha value is -1.78. The molecule has 2 saturated carbocycles. The van der Waals surface area contributed by atoms with Gasteiger partial charge in [-0.05, 0) is 49.5 Å². The normalized spacial score (nSPS) is 28.1. The summed E-state index contributed by atoms with van der Waals surface area (Å²) < 4.78 is 2.07. The molecule has 158 valence electrons. The van der Waals surface area contributed by atoms with Gasteiger partial charge < -0.3 is 14.8 Å². The minimum atomic E-state index is 0.123. The minimum absolute atomic E-state index is 0.123. The van der Waals surface area contributed by atoms with Crippen molar-refractivity contribution in [3.63, 3.8) is 0 Å². The number of fused-ring (bicyclic) bond motifs is 4. The van der Waals surface area contributed by atoms with Gasteiger partial charge in [-0.1, -0.05) is 44.6 Å². The highest BCUT2D eigenvalue weighted by molar-refractivity contribution is 5.74. The van der Waals surface area contributed by atoms with Crippen molar-refractivity contribution in [2.75, 3.05) is 13.1 Å². The summed E-state index contributed by atoms with van der Waals surface area (Å²) in [5, 5.41) is 3.31. The summed E-state index contributed by atoms with van der Waals surface area (Å²) in [6.07, 6.45) is 13.6. The van der Waals surface area contributed by atoms with E-state index in [0.29, 0.717) is 23.8 Å². The largest absolute Gasteiger partial charge is 0.335 e. The summed E-state index contributed by atoms with van der Waals surface area (Å²) in [4.78, 5) is 27.7. The van der Waals surface area contributed by atoms with Crippen molar-refractivity contribution in [1.29, 1.82) is 0 Å². The Morgan fingerprint density at radius 1 is 0.862 bits per heavy atom. The lowest BCUT2D eigenvalue weighted by molar-refractivity contribution is 0.126. The Kier molecular flexibility index (Phi) is 5.40. The molecule has 2 amide bonds. The van der Waals surface area contributed by atoms with Gasteiger partial charge in [-0.3, -0.25) is 4.79 Å². The second-order valence-corrected chi connectivity index (χ2v) is 9.95. The topological polar surface area (TPSA) is 54.3 Å². The van der Waals surface area contributed by atoms with Gasteiger partial charge in [0.2, 0.25) is 0 Å². The molecule has 2 aliphatic carbocycles. The average Bonchev–Trinajstić information content (AvgIpc) is 2.75. The van der Waals surface area contributed by atoms with Crippen LogP contribution in [0.15, 0.2) is 16.9 Å². The van der Waals surface area contributed by atoms with E-state index in [9.17, 15) is 9.59 Å². The first-order valence-corrected chi connectivity index (χ1v) is 12.0. The SMILES string of the molecule is O=C(NC1CCCCC1)N1C[C@@H]2C[C@H](C1)c1c(C3CCCCC3)ccc(=O)n1C2. The van der Waals surface area contributed by atoms with Crippen molar-refractivity contribution in [1.82, 2.24) is 14.8 Å². The molecule has 3 heterocycles. The van der Waals surface area contributed by atoms with Gasteiger partial charge in [-0.25, -0.2) is 4.79 Å². The third-order valence-electron chi connectivity index (χ3n) is 7.89. The van der Waals surface area contributed by atoms with Crippen molar-refractivity contribution in [2.45, 2.75) is 95.1 Å². The first-order valence-electron chi connectivity index (χ1n) is 12.0. The van der Waals surface area contributed by atoms with Crippen molar-refractivity contribution < 1.29 is 4.79 Å². The van der Waals surface area contributed by atoms with E-state index in [1.165, 1.54) is 62.6 Å². The maximum absolute atomic E-state index is 13.0. The van der Waals surface area contributed by atoms with Crippen LogP contribution in [-0.2, 0) is 6.54 Å². The third-order valence-corrected chi connectivity index (χ3v) is 7.89. The van der Waals surface area contributed by atoms with Gasteiger partial charge in [-0.2, -0.15) is 0 Å². The summed E-state index contributed by atoms with van der Waals surface area (Å²) in [5.74, 6) is 1.30. The van der Waals surface area contributed by atoms with Crippen LogP contribution in [0.4, 0.5) is 4.79 Å². The predicted molar refractivity (Wildman–Crippen MR) is 114 cm³/mol. The smallest absolute Gasteiger partial charge is 0.317 e. The fourth-order valence-electron chi connectivity index (χ4n) is 6.49. The maximum atomic E-state index is 13.0. The number of carbonyl (C=O) groups is 1. The number of nitrogens with zero attached hydrogens (tertiary/aromatic N) is 2. The Morgan fingerprint density at radius 2 is 1.59 bits per heavy atom. The maximum Gasteiger partial charge on any atom is 0.317 e. The van der Waals surface area contributed by atoms with Crippen LogP contribution in [0.1, 0.15) is 93.7 Å². The number of pyridine rings is 1.